The molecule has 2 aliphatic rings. The van der Waals surface area contributed by atoms with Gasteiger partial charge >= 0.3 is 0 Å². The molecule has 3 rings (SSSR count). The van der Waals surface area contributed by atoms with Crippen LogP contribution in [0.3, 0.4) is 0 Å². The number of likely N-dealkylation sites (tertiary alicyclic amines) is 1. The van der Waals surface area contributed by atoms with Crippen molar-refractivity contribution in [3.05, 3.63) is 29.8 Å². The molecule has 0 aromatic heterocycles. The highest BCUT2D eigenvalue weighted by Gasteiger charge is 2.38. The van der Waals surface area contributed by atoms with E-state index in [1.165, 1.54) is 0 Å². The number of sulfonamides is 1. The Bertz CT molecular complexity index is 786. The van der Waals surface area contributed by atoms with E-state index in [2.05, 4.69) is 18.7 Å². The van der Waals surface area contributed by atoms with Gasteiger partial charge in [-0.25, -0.2) is 8.42 Å². The molecule has 28 heavy (non-hydrogen) atoms. The van der Waals surface area contributed by atoms with Gasteiger partial charge in [-0.1, -0.05) is 39.0 Å². The predicted molar refractivity (Wildman–Crippen MR) is 111 cm³/mol. The van der Waals surface area contributed by atoms with Crippen LogP contribution in [0.25, 0.3) is 0 Å². The first-order chi connectivity index (χ1) is 13.3. The monoisotopic (exact) mass is 407 g/mol. The van der Waals surface area contributed by atoms with Crippen molar-refractivity contribution in [3.8, 4) is 0 Å². The highest BCUT2D eigenvalue weighted by Crippen LogP contribution is 2.24. The fourth-order valence-electron chi connectivity index (χ4n) is 4.14. The first kappa shape index (κ1) is 21.3. The molecule has 2 saturated heterocycles. The third-order valence-electron chi connectivity index (χ3n) is 5.93. The van der Waals surface area contributed by atoms with E-state index in [0.29, 0.717) is 43.4 Å². The van der Waals surface area contributed by atoms with Gasteiger partial charge in [0.25, 0.3) is 0 Å². The van der Waals surface area contributed by atoms with Gasteiger partial charge in [-0.3, -0.25) is 9.69 Å². The zero-order chi connectivity index (χ0) is 20.3. The standard InChI is InChI=1S/C21H33N3O3S/c1-4-18-7-5-6-8-20(18)28(26,27)24-15-13-22(14-16-24)19-10-12-23(21(19)25)11-9-17(2)3/h5-8,17,19H,4,9-16H2,1-3H3. The van der Waals surface area contributed by atoms with Crippen molar-refractivity contribution in [2.45, 2.75) is 51.0 Å². The van der Waals surface area contributed by atoms with Gasteiger partial charge < -0.3 is 4.90 Å². The Morgan fingerprint density at radius 2 is 1.75 bits per heavy atom. The van der Waals surface area contributed by atoms with E-state index in [-0.39, 0.29) is 11.9 Å². The summed E-state index contributed by atoms with van der Waals surface area (Å²) in [4.78, 5) is 17.3. The zero-order valence-electron chi connectivity index (χ0n) is 17.3. The van der Waals surface area contributed by atoms with E-state index < -0.39 is 10.0 Å². The van der Waals surface area contributed by atoms with Crippen molar-refractivity contribution in [3.63, 3.8) is 0 Å². The molecule has 156 valence electrons. The molecule has 0 radical (unpaired) electrons. The van der Waals surface area contributed by atoms with Crippen molar-refractivity contribution < 1.29 is 13.2 Å². The van der Waals surface area contributed by atoms with Crippen LogP contribution in [0.1, 0.15) is 39.2 Å². The number of nitrogens with zero attached hydrogens (tertiary/aromatic N) is 3. The molecule has 6 nitrogen and oxygen atoms in total. The van der Waals surface area contributed by atoms with Crippen LogP contribution in [-0.4, -0.2) is 73.7 Å². The van der Waals surface area contributed by atoms with E-state index in [1.54, 1.807) is 16.4 Å². The lowest BCUT2D eigenvalue weighted by Crippen LogP contribution is -2.53. The number of amides is 1. The van der Waals surface area contributed by atoms with Crippen molar-refractivity contribution in [2.24, 2.45) is 5.92 Å². The van der Waals surface area contributed by atoms with Gasteiger partial charge in [-0.15, -0.1) is 0 Å². The highest BCUT2D eigenvalue weighted by atomic mass is 32.2. The molecule has 0 bridgehead atoms. The van der Waals surface area contributed by atoms with Crippen molar-refractivity contribution in [2.75, 3.05) is 39.3 Å². The largest absolute Gasteiger partial charge is 0.341 e. The van der Waals surface area contributed by atoms with Crippen LogP contribution in [-0.2, 0) is 21.2 Å². The highest BCUT2D eigenvalue weighted by molar-refractivity contribution is 7.89. The van der Waals surface area contributed by atoms with Crippen molar-refractivity contribution >= 4 is 15.9 Å². The molecular weight excluding hydrogens is 374 g/mol. The first-order valence-corrected chi connectivity index (χ1v) is 11.9. The fourth-order valence-corrected chi connectivity index (χ4v) is 5.86. The number of hydrogen-bond donors (Lipinski definition) is 0. The van der Waals surface area contributed by atoms with Crippen LogP contribution in [0.5, 0.6) is 0 Å². The van der Waals surface area contributed by atoms with Gasteiger partial charge in [0.1, 0.15) is 0 Å². The van der Waals surface area contributed by atoms with Gasteiger partial charge in [0.05, 0.1) is 10.9 Å². The lowest BCUT2D eigenvalue weighted by molar-refractivity contribution is -0.132. The van der Waals surface area contributed by atoms with E-state index in [0.717, 1.165) is 31.5 Å². The van der Waals surface area contributed by atoms with Crippen LogP contribution < -0.4 is 0 Å². The molecule has 0 spiro atoms. The van der Waals surface area contributed by atoms with Gasteiger partial charge in [0.15, 0.2) is 0 Å². The summed E-state index contributed by atoms with van der Waals surface area (Å²) in [6, 6.07) is 7.16. The fraction of sp³-hybridized carbons (Fsp3) is 0.667. The quantitative estimate of drug-likeness (QED) is 0.695. The van der Waals surface area contributed by atoms with Crippen LogP contribution >= 0.6 is 0 Å². The van der Waals surface area contributed by atoms with Gasteiger partial charge in [-0.05, 0) is 36.8 Å². The number of piperazine rings is 1. The van der Waals surface area contributed by atoms with Crippen molar-refractivity contribution in [1.29, 1.82) is 0 Å². The van der Waals surface area contributed by atoms with Gasteiger partial charge in [0.2, 0.25) is 15.9 Å². The molecule has 1 atom stereocenters. The maximum Gasteiger partial charge on any atom is 0.243 e. The molecule has 7 heteroatoms. The molecular formula is C21H33N3O3S. The van der Waals surface area contributed by atoms with E-state index in [1.807, 2.05) is 24.0 Å². The van der Waals surface area contributed by atoms with Crippen LogP contribution in [0, 0.1) is 5.92 Å². The minimum Gasteiger partial charge on any atom is -0.341 e. The summed E-state index contributed by atoms with van der Waals surface area (Å²) in [5.41, 5.74) is 0.858. The summed E-state index contributed by atoms with van der Waals surface area (Å²) in [6.07, 6.45) is 2.57. The maximum atomic E-state index is 13.1. The molecule has 0 aliphatic carbocycles. The van der Waals surface area contributed by atoms with Crippen LogP contribution in [0.15, 0.2) is 29.2 Å². The molecule has 1 amide bonds. The lowest BCUT2D eigenvalue weighted by Gasteiger charge is -2.36. The Kier molecular flexibility index (Phi) is 6.78. The molecule has 0 saturated carbocycles. The first-order valence-electron chi connectivity index (χ1n) is 10.5. The molecule has 1 aromatic carbocycles. The average molecular weight is 408 g/mol. The number of carbonyl (C=O) groups is 1. The second kappa shape index (κ2) is 8.93. The lowest BCUT2D eigenvalue weighted by atomic mass is 10.1. The molecule has 1 unspecified atom stereocenters. The van der Waals surface area contributed by atoms with E-state index in [4.69, 9.17) is 0 Å². The second-order valence-electron chi connectivity index (χ2n) is 8.21. The SMILES string of the molecule is CCc1ccccc1S(=O)(=O)N1CCN(C2CCN(CCC(C)C)C2=O)CC1. The number of hydrogen-bond acceptors (Lipinski definition) is 4. The van der Waals surface area contributed by atoms with Crippen LogP contribution in [0.2, 0.25) is 0 Å². The van der Waals surface area contributed by atoms with E-state index in [9.17, 15) is 13.2 Å². The number of aryl methyl sites for hydroxylation is 1. The normalized spacial score (nSPS) is 22.4. The third kappa shape index (κ3) is 4.42. The summed E-state index contributed by atoms with van der Waals surface area (Å²) >= 11 is 0. The molecule has 1 aromatic rings. The van der Waals surface area contributed by atoms with Gasteiger partial charge in [-0.2, -0.15) is 4.31 Å². The Hall–Kier alpha value is -1.44. The second-order valence-corrected chi connectivity index (χ2v) is 10.1. The third-order valence-corrected chi connectivity index (χ3v) is 7.93. The number of carbonyl (C=O) groups excluding carboxylic acids is 1. The molecule has 2 aliphatic heterocycles. The minimum absolute atomic E-state index is 0.0834. The van der Waals surface area contributed by atoms with E-state index >= 15 is 0 Å². The summed E-state index contributed by atoms with van der Waals surface area (Å²) in [5.74, 6) is 0.805. The zero-order valence-corrected chi connectivity index (χ0v) is 18.1. The number of rotatable bonds is 7. The molecule has 2 fully saturated rings. The molecule has 2 heterocycles. The summed E-state index contributed by atoms with van der Waals surface area (Å²) < 4.78 is 27.8. The smallest absolute Gasteiger partial charge is 0.243 e. The Labute approximate surface area is 169 Å². The minimum atomic E-state index is -3.48. The maximum absolute atomic E-state index is 13.1. The Morgan fingerprint density at radius 1 is 1.07 bits per heavy atom. The summed E-state index contributed by atoms with van der Waals surface area (Å²) in [5, 5.41) is 0. The predicted octanol–water partition coefficient (Wildman–Crippen LogP) is 2.20. The molecule has 0 N–H and O–H groups in total. The summed E-state index contributed by atoms with van der Waals surface area (Å²) in [6.45, 7) is 10.1. The Morgan fingerprint density at radius 3 is 2.39 bits per heavy atom. The topological polar surface area (TPSA) is 60.9 Å². The van der Waals surface area contributed by atoms with Crippen molar-refractivity contribution in [1.82, 2.24) is 14.1 Å². The van der Waals surface area contributed by atoms with Crippen LogP contribution in [0.4, 0.5) is 0 Å². The summed E-state index contributed by atoms with van der Waals surface area (Å²) in [7, 11) is -3.48. The Balaban J connectivity index is 1.61. The average Bonchev–Trinajstić information content (AvgIpc) is 3.06. The number of benzene rings is 1. The van der Waals surface area contributed by atoms with Gasteiger partial charge in [0, 0.05) is 39.3 Å².